The molecule has 0 radical (unpaired) electrons. The van der Waals surface area contributed by atoms with Crippen molar-refractivity contribution in [1.82, 2.24) is 0 Å². The molecule has 0 heterocycles. The molecule has 1 amide bonds. The van der Waals surface area contributed by atoms with Gasteiger partial charge in [-0.05, 0) is 24.1 Å². The van der Waals surface area contributed by atoms with Crippen LogP contribution in [0.4, 0.5) is 5.69 Å². The Kier molecular flexibility index (Phi) is 2.93. The maximum absolute atomic E-state index is 10.4. The minimum absolute atomic E-state index is 0.616. The predicted octanol–water partition coefficient (Wildman–Crippen LogP) is 0.565. The highest BCUT2D eigenvalue weighted by Crippen LogP contribution is 2.07. The summed E-state index contributed by atoms with van der Waals surface area (Å²) >= 11 is 0. The molecule has 0 aliphatic heterocycles. The van der Waals surface area contributed by atoms with Gasteiger partial charge in [0.2, 0.25) is 0 Å². The molecule has 3 heteroatoms. The highest BCUT2D eigenvalue weighted by Gasteiger charge is 1.89. The molecular weight excluding hydrogens is 164 g/mol. The van der Waals surface area contributed by atoms with E-state index >= 15 is 0 Å². The van der Waals surface area contributed by atoms with Crippen LogP contribution in [0.2, 0.25) is 0 Å². The average molecular weight is 174 g/mol. The van der Waals surface area contributed by atoms with Crippen molar-refractivity contribution in [1.29, 1.82) is 0 Å². The fourth-order valence-electron chi connectivity index (χ4n) is 0.886. The first-order valence-electron chi connectivity index (χ1n) is 3.81. The van der Waals surface area contributed by atoms with E-state index in [1.54, 1.807) is 0 Å². The van der Waals surface area contributed by atoms with Crippen molar-refractivity contribution in [2.75, 3.05) is 12.4 Å². The lowest BCUT2D eigenvalue weighted by molar-refractivity contribution is -0.112. The number of benzene rings is 1. The zero-order valence-corrected chi connectivity index (χ0v) is 7.29. The Morgan fingerprint density at radius 2 is 2.31 bits per heavy atom. The van der Waals surface area contributed by atoms with Crippen LogP contribution in [0.5, 0.6) is 0 Å². The van der Waals surface area contributed by atoms with E-state index in [-0.39, 0.29) is 0 Å². The molecule has 0 atom stereocenters. The maximum Gasteiger partial charge on any atom is 0.293 e. The first-order chi connectivity index (χ1) is 6.22. The number of carbonyl (C=O) groups is 1. The van der Waals surface area contributed by atoms with E-state index in [1.165, 1.54) is 0 Å². The molecule has 66 valence electrons. The van der Waals surface area contributed by atoms with Gasteiger partial charge in [-0.3, -0.25) is 4.79 Å². The molecule has 0 saturated carbocycles. The van der Waals surface area contributed by atoms with E-state index < -0.39 is 5.91 Å². The summed E-state index contributed by atoms with van der Waals surface area (Å²) < 4.78 is 0. The lowest BCUT2D eigenvalue weighted by Gasteiger charge is -1.98. The van der Waals surface area contributed by atoms with Crippen molar-refractivity contribution in [2.24, 2.45) is 5.73 Å². The van der Waals surface area contributed by atoms with Gasteiger partial charge in [0.1, 0.15) is 0 Å². The van der Waals surface area contributed by atoms with Gasteiger partial charge in [0.05, 0.1) is 0 Å². The molecule has 13 heavy (non-hydrogen) atoms. The molecule has 1 aromatic carbocycles. The quantitative estimate of drug-likeness (QED) is 0.611. The molecule has 0 aliphatic carbocycles. The Hall–Kier alpha value is -1.95. The number of amides is 1. The second-order valence-corrected chi connectivity index (χ2v) is 2.45. The highest BCUT2D eigenvalue weighted by molar-refractivity contribution is 5.92. The van der Waals surface area contributed by atoms with Crippen LogP contribution in [0.1, 0.15) is 5.56 Å². The lowest BCUT2D eigenvalue weighted by Crippen LogP contribution is -2.06. The Labute approximate surface area is 76.9 Å². The minimum Gasteiger partial charge on any atom is -0.388 e. The normalized spacial score (nSPS) is 8.38. The summed E-state index contributed by atoms with van der Waals surface area (Å²) in [4.78, 5) is 10.4. The number of primary amides is 1. The summed E-state index contributed by atoms with van der Waals surface area (Å²) in [5.74, 6) is 4.31. The molecule has 0 fully saturated rings. The molecule has 0 bridgehead atoms. The first-order valence-corrected chi connectivity index (χ1v) is 3.81. The van der Waals surface area contributed by atoms with Gasteiger partial charge >= 0.3 is 0 Å². The van der Waals surface area contributed by atoms with Crippen molar-refractivity contribution in [3.05, 3.63) is 29.8 Å². The number of hydrogen-bond donors (Lipinski definition) is 2. The van der Waals surface area contributed by atoms with Crippen LogP contribution in [0.3, 0.4) is 0 Å². The summed E-state index contributed by atoms with van der Waals surface area (Å²) in [5.41, 5.74) is 6.61. The number of hydrogen-bond acceptors (Lipinski definition) is 2. The molecule has 0 aliphatic rings. The fraction of sp³-hybridized carbons (Fsp3) is 0.100. The van der Waals surface area contributed by atoms with Gasteiger partial charge in [-0.25, -0.2) is 0 Å². The largest absolute Gasteiger partial charge is 0.388 e. The van der Waals surface area contributed by atoms with Crippen LogP contribution in [0.25, 0.3) is 0 Å². The fourth-order valence-corrected chi connectivity index (χ4v) is 0.886. The molecule has 0 spiro atoms. The smallest absolute Gasteiger partial charge is 0.293 e. The van der Waals surface area contributed by atoms with Crippen molar-refractivity contribution in [2.45, 2.75) is 0 Å². The molecular formula is C10H10N2O. The molecule has 1 aromatic rings. The molecule has 3 nitrogen and oxygen atoms in total. The lowest BCUT2D eigenvalue weighted by atomic mass is 10.2. The Morgan fingerprint density at radius 3 is 2.92 bits per heavy atom. The van der Waals surface area contributed by atoms with Gasteiger partial charge in [0.25, 0.3) is 5.91 Å². The van der Waals surface area contributed by atoms with Crippen LogP contribution >= 0.6 is 0 Å². The third kappa shape index (κ3) is 2.88. The third-order valence-corrected chi connectivity index (χ3v) is 1.48. The number of carbonyl (C=O) groups excluding carboxylic acids is 1. The molecule has 0 aromatic heterocycles. The Bertz CT molecular complexity index is 374. The van der Waals surface area contributed by atoms with Crippen LogP contribution in [-0.4, -0.2) is 13.0 Å². The van der Waals surface area contributed by atoms with E-state index in [0.29, 0.717) is 0 Å². The summed E-state index contributed by atoms with van der Waals surface area (Å²) in [6, 6.07) is 7.43. The van der Waals surface area contributed by atoms with Gasteiger partial charge in [-0.2, -0.15) is 0 Å². The highest BCUT2D eigenvalue weighted by atomic mass is 16.1. The van der Waals surface area contributed by atoms with E-state index in [2.05, 4.69) is 17.2 Å². The van der Waals surface area contributed by atoms with Gasteiger partial charge < -0.3 is 11.1 Å². The van der Waals surface area contributed by atoms with Crippen molar-refractivity contribution in [3.63, 3.8) is 0 Å². The SMILES string of the molecule is CNc1cccc(C#CC(N)=O)c1. The van der Waals surface area contributed by atoms with Gasteiger partial charge in [0.15, 0.2) is 0 Å². The number of nitrogens with two attached hydrogens (primary N) is 1. The monoisotopic (exact) mass is 174 g/mol. The standard InChI is InChI=1S/C10H10N2O/c1-12-9-4-2-3-8(7-9)5-6-10(11)13/h2-4,7,12H,1H3,(H2,11,13). The summed E-state index contributed by atoms with van der Waals surface area (Å²) in [5, 5.41) is 2.97. The number of nitrogens with one attached hydrogen (secondary N) is 1. The van der Waals surface area contributed by atoms with Crippen LogP contribution in [-0.2, 0) is 4.79 Å². The molecule has 1 rings (SSSR count). The van der Waals surface area contributed by atoms with E-state index in [4.69, 9.17) is 5.73 Å². The van der Waals surface area contributed by atoms with E-state index in [9.17, 15) is 4.79 Å². The van der Waals surface area contributed by atoms with Crippen molar-refractivity contribution >= 4 is 11.6 Å². The van der Waals surface area contributed by atoms with Crippen LogP contribution in [0, 0.1) is 11.8 Å². The molecule has 3 N–H and O–H groups in total. The third-order valence-electron chi connectivity index (χ3n) is 1.48. The van der Waals surface area contributed by atoms with Gasteiger partial charge in [0, 0.05) is 18.3 Å². The number of anilines is 1. The number of rotatable bonds is 1. The van der Waals surface area contributed by atoms with Crippen LogP contribution in [0.15, 0.2) is 24.3 Å². The van der Waals surface area contributed by atoms with Gasteiger partial charge in [-0.1, -0.05) is 12.0 Å². The Balaban J connectivity index is 2.91. The summed E-state index contributed by atoms with van der Waals surface area (Å²) in [6.45, 7) is 0. The zero-order chi connectivity index (χ0) is 9.68. The summed E-state index contributed by atoms with van der Waals surface area (Å²) in [6.07, 6.45) is 0. The topological polar surface area (TPSA) is 55.1 Å². The first kappa shape index (κ1) is 9.14. The predicted molar refractivity (Wildman–Crippen MR) is 52.1 cm³/mol. The zero-order valence-electron chi connectivity index (χ0n) is 7.29. The Morgan fingerprint density at radius 1 is 1.54 bits per heavy atom. The molecule has 0 saturated heterocycles. The molecule has 0 unspecified atom stereocenters. The minimum atomic E-state index is -0.616. The van der Waals surface area contributed by atoms with Gasteiger partial charge in [-0.15, -0.1) is 0 Å². The second kappa shape index (κ2) is 4.17. The van der Waals surface area contributed by atoms with Crippen LogP contribution < -0.4 is 11.1 Å². The van der Waals surface area contributed by atoms with E-state index in [0.717, 1.165) is 11.3 Å². The van der Waals surface area contributed by atoms with Crippen molar-refractivity contribution in [3.8, 4) is 11.8 Å². The second-order valence-electron chi connectivity index (χ2n) is 2.45. The average Bonchev–Trinajstić information content (AvgIpc) is 2.15. The summed E-state index contributed by atoms with van der Waals surface area (Å²) in [7, 11) is 1.82. The van der Waals surface area contributed by atoms with E-state index in [1.807, 2.05) is 31.3 Å². The van der Waals surface area contributed by atoms with Crippen molar-refractivity contribution < 1.29 is 4.79 Å². The maximum atomic E-state index is 10.4.